The molecule has 0 radical (unpaired) electrons. The Kier molecular flexibility index (Phi) is 3.67. The van der Waals surface area contributed by atoms with Crippen LogP contribution in [-0.2, 0) is 16.9 Å². The van der Waals surface area contributed by atoms with Gasteiger partial charge in [0.25, 0.3) is 5.91 Å². The number of carbonyl (C=O) groups excluding carboxylic acids is 2. The molecule has 2 aliphatic heterocycles. The average Bonchev–Trinajstić information content (AvgIpc) is 3.35. The van der Waals surface area contributed by atoms with Crippen molar-refractivity contribution in [2.24, 2.45) is 0 Å². The standard InChI is InChI=1S/C20H15BrN2O5/c1-20(17-7-11-4-2-3-5-14(11)28-17)18(24)23(19(25)22-20)9-12-6-15-16(8-13(12)21)27-10-26-15/h2-8H,9-10H2,1H3,(H,22,25)/t20-/m1/s1. The number of imide groups is 1. The summed E-state index contributed by atoms with van der Waals surface area (Å²) in [6, 6.07) is 12.3. The summed E-state index contributed by atoms with van der Waals surface area (Å²) in [5.74, 6) is 1.24. The molecule has 0 bridgehead atoms. The Labute approximate surface area is 168 Å². The zero-order chi connectivity index (χ0) is 19.5. The Morgan fingerprint density at radius 1 is 1.14 bits per heavy atom. The molecular formula is C20H15BrN2O5. The Balaban J connectivity index is 1.47. The number of ether oxygens (including phenoxy) is 2. The zero-order valence-corrected chi connectivity index (χ0v) is 16.4. The highest BCUT2D eigenvalue weighted by molar-refractivity contribution is 9.10. The van der Waals surface area contributed by atoms with Crippen LogP contribution in [0.4, 0.5) is 4.79 Å². The number of rotatable bonds is 3. The summed E-state index contributed by atoms with van der Waals surface area (Å²) < 4.78 is 17.3. The maximum Gasteiger partial charge on any atom is 0.325 e. The normalized spacial score (nSPS) is 20.9. The van der Waals surface area contributed by atoms with Gasteiger partial charge in [-0.15, -0.1) is 0 Å². The van der Waals surface area contributed by atoms with Crippen molar-refractivity contribution in [1.29, 1.82) is 0 Å². The lowest BCUT2D eigenvalue weighted by Crippen LogP contribution is -2.40. The molecule has 3 heterocycles. The molecule has 3 amide bonds. The molecule has 0 spiro atoms. The van der Waals surface area contributed by atoms with Crippen molar-refractivity contribution in [1.82, 2.24) is 10.2 Å². The van der Waals surface area contributed by atoms with Crippen molar-refractivity contribution in [2.45, 2.75) is 19.0 Å². The summed E-state index contributed by atoms with van der Waals surface area (Å²) >= 11 is 3.47. The first-order valence-corrected chi connectivity index (χ1v) is 9.46. The highest BCUT2D eigenvalue weighted by Gasteiger charge is 2.51. The molecule has 2 aliphatic rings. The fourth-order valence-electron chi connectivity index (χ4n) is 3.49. The van der Waals surface area contributed by atoms with E-state index in [0.717, 1.165) is 15.4 Å². The van der Waals surface area contributed by atoms with Gasteiger partial charge in [0.15, 0.2) is 17.0 Å². The number of benzene rings is 2. The van der Waals surface area contributed by atoms with Crippen LogP contribution in [0.25, 0.3) is 11.0 Å². The minimum Gasteiger partial charge on any atom is -0.458 e. The predicted molar refractivity (Wildman–Crippen MR) is 103 cm³/mol. The Morgan fingerprint density at radius 2 is 1.89 bits per heavy atom. The van der Waals surface area contributed by atoms with Crippen molar-refractivity contribution < 1.29 is 23.5 Å². The number of furan rings is 1. The number of nitrogens with zero attached hydrogens (tertiary/aromatic N) is 1. The van der Waals surface area contributed by atoms with Gasteiger partial charge in [-0.3, -0.25) is 9.69 Å². The van der Waals surface area contributed by atoms with Crippen molar-refractivity contribution in [2.75, 3.05) is 6.79 Å². The van der Waals surface area contributed by atoms with Gasteiger partial charge in [-0.1, -0.05) is 34.1 Å². The third-order valence-electron chi connectivity index (χ3n) is 5.06. The Hall–Kier alpha value is -3.00. The lowest BCUT2D eigenvalue weighted by molar-refractivity contribution is -0.132. The van der Waals surface area contributed by atoms with E-state index in [0.29, 0.717) is 22.8 Å². The molecule has 1 saturated heterocycles. The van der Waals surface area contributed by atoms with Crippen LogP contribution in [-0.4, -0.2) is 23.6 Å². The highest BCUT2D eigenvalue weighted by Crippen LogP contribution is 2.39. The fourth-order valence-corrected chi connectivity index (χ4v) is 3.93. The molecule has 1 fully saturated rings. The van der Waals surface area contributed by atoms with Gasteiger partial charge in [0.1, 0.15) is 11.3 Å². The van der Waals surface area contributed by atoms with Gasteiger partial charge in [0, 0.05) is 9.86 Å². The van der Waals surface area contributed by atoms with E-state index in [-0.39, 0.29) is 19.2 Å². The van der Waals surface area contributed by atoms with Crippen molar-refractivity contribution in [3.05, 3.63) is 58.3 Å². The molecule has 8 heteroatoms. The number of urea groups is 1. The van der Waals surface area contributed by atoms with E-state index in [2.05, 4.69) is 21.2 Å². The van der Waals surface area contributed by atoms with E-state index in [1.54, 1.807) is 25.1 Å². The Morgan fingerprint density at radius 3 is 2.68 bits per heavy atom. The van der Waals surface area contributed by atoms with E-state index in [1.165, 1.54) is 4.90 Å². The minimum atomic E-state index is -1.26. The van der Waals surface area contributed by atoms with Gasteiger partial charge in [-0.25, -0.2) is 4.79 Å². The molecule has 0 saturated carbocycles. The van der Waals surface area contributed by atoms with Gasteiger partial charge in [0.05, 0.1) is 6.54 Å². The maximum absolute atomic E-state index is 13.2. The number of halogens is 1. The second-order valence-electron chi connectivity index (χ2n) is 6.89. The van der Waals surface area contributed by atoms with Crippen LogP contribution < -0.4 is 14.8 Å². The zero-order valence-electron chi connectivity index (χ0n) is 14.8. The van der Waals surface area contributed by atoms with E-state index < -0.39 is 11.6 Å². The Bertz CT molecular complexity index is 1110. The summed E-state index contributed by atoms with van der Waals surface area (Å²) in [6.07, 6.45) is 0. The van der Waals surface area contributed by atoms with E-state index >= 15 is 0 Å². The topological polar surface area (TPSA) is 81.0 Å². The van der Waals surface area contributed by atoms with Crippen LogP contribution in [0, 0.1) is 0 Å². The van der Waals surface area contributed by atoms with Gasteiger partial charge in [-0.05, 0) is 36.8 Å². The van der Waals surface area contributed by atoms with Crippen LogP contribution in [0.15, 0.2) is 51.4 Å². The first-order valence-electron chi connectivity index (χ1n) is 8.67. The third-order valence-corrected chi connectivity index (χ3v) is 5.80. The second-order valence-corrected chi connectivity index (χ2v) is 7.75. The number of nitrogens with one attached hydrogen (secondary N) is 1. The van der Waals surface area contributed by atoms with Crippen LogP contribution in [0.2, 0.25) is 0 Å². The fraction of sp³-hybridized carbons (Fsp3) is 0.200. The molecule has 0 aliphatic carbocycles. The second kappa shape index (κ2) is 6.00. The van der Waals surface area contributed by atoms with Gasteiger partial charge in [0.2, 0.25) is 6.79 Å². The lowest BCUT2D eigenvalue weighted by Gasteiger charge is -2.19. The molecule has 1 atom stereocenters. The summed E-state index contributed by atoms with van der Waals surface area (Å²) in [5, 5.41) is 3.64. The third kappa shape index (κ3) is 2.48. The molecule has 0 unspecified atom stereocenters. The smallest absolute Gasteiger partial charge is 0.325 e. The lowest BCUT2D eigenvalue weighted by atomic mass is 9.98. The summed E-state index contributed by atoms with van der Waals surface area (Å²) in [4.78, 5) is 27.0. The summed E-state index contributed by atoms with van der Waals surface area (Å²) in [6.45, 7) is 1.90. The van der Waals surface area contributed by atoms with Crippen LogP contribution in [0.1, 0.15) is 18.2 Å². The maximum atomic E-state index is 13.2. The van der Waals surface area contributed by atoms with Crippen LogP contribution in [0.5, 0.6) is 11.5 Å². The average molecular weight is 443 g/mol. The largest absolute Gasteiger partial charge is 0.458 e. The summed E-state index contributed by atoms with van der Waals surface area (Å²) in [5.41, 5.74) is 0.137. The highest BCUT2D eigenvalue weighted by atomic mass is 79.9. The number of hydrogen-bond acceptors (Lipinski definition) is 5. The van der Waals surface area contributed by atoms with Crippen LogP contribution in [0.3, 0.4) is 0 Å². The SMILES string of the molecule is C[C@]1(c2cc3ccccc3o2)NC(=O)N(Cc2cc3c(cc2Br)OCO3)C1=O. The number of amides is 3. The molecule has 2 aromatic carbocycles. The predicted octanol–water partition coefficient (Wildman–Crippen LogP) is 3.89. The first-order chi connectivity index (χ1) is 13.5. The van der Waals surface area contributed by atoms with E-state index in [1.807, 2.05) is 24.3 Å². The molecular weight excluding hydrogens is 428 g/mol. The van der Waals surface area contributed by atoms with E-state index in [4.69, 9.17) is 13.9 Å². The number of carbonyl (C=O) groups is 2. The first kappa shape index (κ1) is 17.1. The number of para-hydroxylation sites is 1. The van der Waals surface area contributed by atoms with Gasteiger partial charge in [-0.2, -0.15) is 0 Å². The molecule has 5 rings (SSSR count). The molecule has 7 nitrogen and oxygen atoms in total. The molecule has 1 aromatic heterocycles. The molecule has 3 aromatic rings. The summed E-state index contributed by atoms with van der Waals surface area (Å²) in [7, 11) is 0. The van der Waals surface area contributed by atoms with Crippen molar-refractivity contribution in [3.8, 4) is 11.5 Å². The number of hydrogen-bond donors (Lipinski definition) is 1. The molecule has 1 N–H and O–H groups in total. The van der Waals surface area contributed by atoms with Gasteiger partial charge >= 0.3 is 6.03 Å². The minimum absolute atomic E-state index is 0.0949. The number of fused-ring (bicyclic) bond motifs is 2. The molecule has 28 heavy (non-hydrogen) atoms. The van der Waals surface area contributed by atoms with E-state index in [9.17, 15) is 9.59 Å². The molecule has 142 valence electrons. The van der Waals surface area contributed by atoms with Crippen molar-refractivity contribution >= 4 is 38.8 Å². The van der Waals surface area contributed by atoms with Crippen molar-refractivity contribution in [3.63, 3.8) is 0 Å². The van der Waals surface area contributed by atoms with Gasteiger partial charge < -0.3 is 19.2 Å². The monoisotopic (exact) mass is 442 g/mol. The van der Waals surface area contributed by atoms with Crippen LogP contribution >= 0.6 is 15.9 Å². The quantitative estimate of drug-likeness (QED) is 0.622.